The lowest BCUT2D eigenvalue weighted by atomic mass is 10.1. The van der Waals surface area contributed by atoms with E-state index >= 15 is 0 Å². The fourth-order valence-electron chi connectivity index (χ4n) is 2.21. The smallest absolute Gasteiger partial charge is 0.137 e. The summed E-state index contributed by atoms with van der Waals surface area (Å²) in [6.45, 7) is 2.82. The second kappa shape index (κ2) is 4.15. The van der Waals surface area contributed by atoms with E-state index in [1.165, 1.54) is 18.9 Å². The van der Waals surface area contributed by atoms with Gasteiger partial charge in [-0.05, 0) is 56.0 Å². The van der Waals surface area contributed by atoms with Gasteiger partial charge >= 0.3 is 0 Å². The number of furan rings is 1. The molecule has 0 saturated heterocycles. The van der Waals surface area contributed by atoms with Crippen molar-refractivity contribution in [2.45, 2.75) is 32.2 Å². The van der Waals surface area contributed by atoms with E-state index in [0.29, 0.717) is 6.04 Å². The second-order valence-corrected chi connectivity index (χ2v) is 4.84. The molecule has 0 bridgehead atoms. The van der Waals surface area contributed by atoms with Crippen LogP contribution in [0.3, 0.4) is 0 Å². The number of aryl methyl sites for hydroxylation is 1. The highest BCUT2D eigenvalue weighted by atomic mass is 19.1. The summed E-state index contributed by atoms with van der Waals surface area (Å²) < 4.78 is 18.9. The molecular weight excluding hydrogens is 217 g/mol. The minimum absolute atomic E-state index is 0.187. The summed E-state index contributed by atoms with van der Waals surface area (Å²) in [5, 5.41) is 4.37. The van der Waals surface area contributed by atoms with Crippen molar-refractivity contribution < 1.29 is 8.81 Å². The summed E-state index contributed by atoms with van der Waals surface area (Å²) in [6, 6.07) is 3.79. The van der Waals surface area contributed by atoms with Gasteiger partial charge in [-0.3, -0.25) is 0 Å². The maximum atomic E-state index is 13.4. The number of hydrogen-bond donors (Lipinski definition) is 1. The van der Waals surface area contributed by atoms with Gasteiger partial charge in [-0.1, -0.05) is 0 Å². The summed E-state index contributed by atoms with van der Waals surface area (Å²) in [5.41, 5.74) is 2.77. The Hall–Kier alpha value is -1.35. The van der Waals surface area contributed by atoms with Crippen molar-refractivity contribution in [3.8, 4) is 0 Å². The molecule has 0 unspecified atom stereocenters. The van der Waals surface area contributed by atoms with Crippen LogP contribution in [0.5, 0.6) is 0 Å². The molecule has 0 aliphatic heterocycles. The molecule has 1 aromatic carbocycles. The van der Waals surface area contributed by atoms with Crippen LogP contribution in [0.1, 0.15) is 24.0 Å². The van der Waals surface area contributed by atoms with Crippen LogP contribution in [0.25, 0.3) is 11.0 Å². The SMILES string of the molecule is Cc1cc(F)cc2c(CCNC3CC3)coc12. The maximum Gasteiger partial charge on any atom is 0.137 e. The van der Waals surface area contributed by atoms with Crippen LogP contribution in [0.15, 0.2) is 22.8 Å². The Morgan fingerprint density at radius 3 is 3.00 bits per heavy atom. The molecule has 17 heavy (non-hydrogen) atoms. The van der Waals surface area contributed by atoms with E-state index in [1.807, 2.05) is 6.92 Å². The first-order valence-corrected chi connectivity index (χ1v) is 6.13. The largest absolute Gasteiger partial charge is 0.464 e. The summed E-state index contributed by atoms with van der Waals surface area (Å²) >= 11 is 0. The Bertz CT molecular complexity index is 542. The molecule has 0 atom stereocenters. The van der Waals surface area contributed by atoms with E-state index in [0.717, 1.165) is 35.1 Å². The highest BCUT2D eigenvalue weighted by Crippen LogP contribution is 2.26. The summed E-state index contributed by atoms with van der Waals surface area (Å²) in [4.78, 5) is 0. The number of nitrogens with one attached hydrogen (secondary N) is 1. The van der Waals surface area contributed by atoms with Crippen LogP contribution in [-0.2, 0) is 6.42 Å². The molecule has 1 heterocycles. The fraction of sp³-hybridized carbons (Fsp3) is 0.429. The monoisotopic (exact) mass is 233 g/mol. The Morgan fingerprint density at radius 2 is 2.24 bits per heavy atom. The van der Waals surface area contributed by atoms with Gasteiger partial charge in [0.05, 0.1) is 6.26 Å². The third-order valence-corrected chi connectivity index (χ3v) is 3.31. The molecule has 2 aromatic rings. The lowest BCUT2D eigenvalue weighted by molar-refractivity contribution is 0.599. The predicted octanol–water partition coefficient (Wildman–Crippen LogP) is 3.17. The number of hydrogen-bond acceptors (Lipinski definition) is 2. The summed E-state index contributed by atoms with van der Waals surface area (Å²) in [7, 11) is 0. The Balaban J connectivity index is 1.83. The normalized spacial score (nSPS) is 15.6. The van der Waals surface area contributed by atoms with Gasteiger partial charge < -0.3 is 9.73 Å². The van der Waals surface area contributed by atoms with Gasteiger partial charge in [-0.2, -0.15) is 0 Å². The molecule has 3 heteroatoms. The number of benzene rings is 1. The van der Waals surface area contributed by atoms with E-state index in [2.05, 4.69) is 5.32 Å². The molecule has 2 nitrogen and oxygen atoms in total. The molecule has 1 fully saturated rings. The second-order valence-electron chi connectivity index (χ2n) is 4.84. The average molecular weight is 233 g/mol. The molecule has 1 saturated carbocycles. The van der Waals surface area contributed by atoms with Crippen LogP contribution in [0.2, 0.25) is 0 Å². The van der Waals surface area contributed by atoms with E-state index in [4.69, 9.17) is 4.42 Å². The van der Waals surface area contributed by atoms with Crippen molar-refractivity contribution in [3.63, 3.8) is 0 Å². The van der Waals surface area contributed by atoms with Gasteiger partial charge in [-0.15, -0.1) is 0 Å². The van der Waals surface area contributed by atoms with Crippen molar-refractivity contribution in [3.05, 3.63) is 35.3 Å². The van der Waals surface area contributed by atoms with Gasteiger partial charge in [0.25, 0.3) is 0 Å². The van der Waals surface area contributed by atoms with Crippen molar-refractivity contribution in [2.75, 3.05) is 6.54 Å². The molecule has 1 aliphatic rings. The molecule has 90 valence electrons. The van der Waals surface area contributed by atoms with Gasteiger partial charge in [0.15, 0.2) is 0 Å². The lowest BCUT2D eigenvalue weighted by Gasteiger charge is -2.01. The van der Waals surface area contributed by atoms with E-state index in [1.54, 1.807) is 12.3 Å². The van der Waals surface area contributed by atoms with E-state index in [9.17, 15) is 4.39 Å². The summed E-state index contributed by atoms with van der Waals surface area (Å²) in [5.74, 6) is -0.187. The summed E-state index contributed by atoms with van der Waals surface area (Å²) in [6.07, 6.45) is 5.23. The topological polar surface area (TPSA) is 25.2 Å². The highest BCUT2D eigenvalue weighted by molar-refractivity contribution is 5.83. The van der Waals surface area contributed by atoms with Crippen molar-refractivity contribution >= 4 is 11.0 Å². The Kier molecular flexibility index (Phi) is 2.63. The first kappa shape index (κ1) is 10.8. The minimum atomic E-state index is -0.187. The molecule has 1 aliphatic carbocycles. The molecular formula is C14H16FNO. The zero-order chi connectivity index (χ0) is 11.8. The third-order valence-electron chi connectivity index (χ3n) is 3.31. The average Bonchev–Trinajstić information content (AvgIpc) is 3.01. The van der Waals surface area contributed by atoms with Crippen LogP contribution in [-0.4, -0.2) is 12.6 Å². The van der Waals surface area contributed by atoms with Crippen LogP contribution in [0.4, 0.5) is 4.39 Å². The number of rotatable bonds is 4. The first-order chi connectivity index (χ1) is 8.24. The van der Waals surface area contributed by atoms with Crippen LogP contribution in [0, 0.1) is 12.7 Å². The molecule has 3 rings (SSSR count). The van der Waals surface area contributed by atoms with Crippen LogP contribution >= 0.6 is 0 Å². The van der Waals surface area contributed by atoms with E-state index in [-0.39, 0.29) is 5.82 Å². The third kappa shape index (κ3) is 2.20. The van der Waals surface area contributed by atoms with Gasteiger partial charge in [0.2, 0.25) is 0 Å². The van der Waals surface area contributed by atoms with Gasteiger partial charge in [-0.25, -0.2) is 4.39 Å². The zero-order valence-electron chi connectivity index (χ0n) is 9.92. The van der Waals surface area contributed by atoms with Crippen molar-refractivity contribution in [1.82, 2.24) is 5.32 Å². The fourth-order valence-corrected chi connectivity index (χ4v) is 2.21. The van der Waals surface area contributed by atoms with Crippen molar-refractivity contribution in [1.29, 1.82) is 0 Å². The van der Waals surface area contributed by atoms with Gasteiger partial charge in [0, 0.05) is 11.4 Å². The van der Waals surface area contributed by atoms with Gasteiger partial charge in [0.1, 0.15) is 11.4 Å². The highest BCUT2D eigenvalue weighted by Gasteiger charge is 2.20. The maximum absolute atomic E-state index is 13.4. The standard InChI is InChI=1S/C14H16FNO/c1-9-6-11(15)7-13-10(8-17-14(9)13)4-5-16-12-2-3-12/h6-8,12,16H,2-5H2,1H3. The number of halogens is 1. The van der Waals surface area contributed by atoms with Crippen LogP contribution < -0.4 is 5.32 Å². The molecule has 0 amide bonds. The molecule has 0 spiro atoms. The van der Waals surface area contributed by atoms with Crippen molar-refractivity contribution in [2.24, 2.45) is 0 Å². The lowest BCUT2D eigenvalue weighted by Crippen LogP contribution is -2.19. The molecule has 1 aromatic heterocycles. The van der Waals surface area contributed by atoms with E-state index < -0.39 is 0 Å². The molecule has 0 radical (unpaired) electrons. The minimum Gasteiger partial charge on any atom is -0.464 e. The number of fused-ring (bicyclic) bond motifs is 1. The first-order valence-electron chi connectivity index (χ1n) is 6.13. The quantitative estimate of drug-likeness (QED) is 0.877. The molecule has 1 N–H and O–H groups in total. The zero-order valence-corrected chi connectivity index (χ0v) is 9.92. The Labute approximate surface area is 99.8 Å². The Morgan fingerprint density at radius 1 is 1.41 bits per heavy atom. The predicted molar refractivity (Wildman–Crippen MR) is 65.6 cm³/mol.